The van der Waals surface area contributed by atoms with Crippen LogP contribution in [-0.4, -0.2) is 18.5 Å². The van der Waals surface area contributed by atoms with Crippen LogP contribution < -0.4 is 10.6 Å². The van der Waals surface area contributed by atoms with Crippen LogP contribution in [0.15, 0.2) is 22.7 Å². The Morgan fingerprint density at radius 1 is 1.56 bits per heavy atom. The minimum atomic E-state index is -0.336. The van der Waals surface area contributed by atoms with Gasteiger partial charge in [-0.2, -0.15) is 0 Å². The Hall–Kier alpha value is -0.940. The zero-order chi connectivity index (χ0) is 11.5. The molecule has 0 bridgehead atoms. The van der Waals surface area contributed by atoms with E-state index in [2.05, 4.69) is 26.6 Å². The molecule has 1 heterocycles. The maximum atomic E-state index is 13.0. The summed E-state index contributed by atoms with van der Waals surface area (Å²) in [5.74, 6) is -0.395. The van der Waals surface area contributed by atoms with Crippen LogP contribution in [-0.2, 0) is 4.79 Å². The Morgan fingerprint density at radius 2 is 2.38 bits per heavy atom. The third-order valence-corrected chi connectivity index (χ3v) is 3.17. The first-order chi connectivity index (χ1) is 7.66. The van der Waals surface area contributed by atoms with Crippen LogP contribution in [0.25, 0.3) is 0 Å². The van der Waals surface area contributed by atoms with E-state index >= 15 is 0 Å². The van der Waals surface area contributed by atoms with Gasteiger partial charge in [-0.15, -0.1) is 0 Å². The molecular weight excluding hydrogens is 275 g/mol. The van der Waals surface area contributed by atoms with Crippen molar-refractivity contribution in [1.29, 1.82) is 0 Å². The third-order valence-electron chi connectivity index (χ3n) is 2.56. The van der Waals surface area contributed by atoms with Crippen LogP contribution in [0.5, 0.6) is 0 Å². The molecular formula is C11H12BrFN2O. The molecule has 1 atom stereocenters. The number of rotatable bonds is 2. The Labute approximate surface area is 102 Å². The summed E-state index contributed by atoms with van der Waals surface area (Å²) in [6, 6.07) is 4.31. The molecule has 1 amide bonds. The quantitative estimate of drug-likeness (QED) is 0.876. The summed E-state index contributed by atoms with van der Waals surface area (Å²) < 4.78 is 13.3. The van der Waals surface area contributed by atoms with Gasteiger partial charge in [0.05, 0.1) is 10.5 Å². The van der Waals surface area contributed by atoms with Gasteiger partial charge in [0, 0.05) is 5.69 Å². The number of nitrogens with one attached hydrogen (secondary N) is 2. The lowest BCUT2D eigenvalue weighted by atomic mass is 10.2. The molecule has 2 N–H and O–H groups in total. The lowest BCUT2D eigenvalue weighted by molar-refractivity contribution is -0.117. The molecule has 86 valence electrons. The molecule has 0 spiro atoms. The highest BCUT2D eigenvalue weighted by Crippen LogP contribution is 2.20. The predicted molar refractivity (Wildman–Crippen MR) is 63.8 cm³/mol. The van der Waals surface area contributed by atoms with E-state index in [1.54, 1.807) is 12.1 Å². The summed E-state index contributed by atoms with van der Waals surface area (Å²) in [7, 11) is 0. The monoisotopic (exact) mass is 286 g/mol. The fourth-order valence-electron chi connectivity index (χ4n) is 1.71. The van der Waals surface area contributed by atoms with Crippen molar-refractivity contribution in [3.05, 3.63) is 28.5 Å². The fraction of sp³-hybridized carbons (Fsp3) is 0.364. The Balaban J connectivity index is 2.02. The Kier molecular flexibility index (Phi) is 3.56. The first-order valence-corrected chi connectivity index (χ1v) is 5.95. The lowest BCUT2D eigenvalue weighted by Crippen LogP contribution is -2.35. The average Bonchev–Trinajstić information content (AvgIpc) is 2.77. The predicted octanol–water partition coefficient (Wildman–Crippen LogP) is 2.28. The zero-order valence-corrected chi connectivity index (χ0v) is 10.2. The fourth-order valence-corrected chi connectivity index (χ4v) is 2.09. The highest BCUT2D eigenvalue weighted by molar-refractivity contribution is 9.10. The van der Waals surface area contributed by atoms with Crippen molar-refractivity contribution >= 4 is 27.5 Å². The van der Waals surface area contributed by atoms with E-state index in [-0.39, 0.29) is 17.8 Å². The normalized spacial score (nSPS) is 19.8. The van der Waals surface area contributed by atoms with Gasteiger partial charge in [0.2, 0.25) is 5.91 Å². The second-order valence-electron chi connectivity index (χ2n) is 3.77. The van der Waals surface area contributed by atoms with Gasteiger partial charge < -0.3 is 10.6 Å². The second-order valence-corrected chi connectivity index (χ2v) is 4.62. The Bertz CT molecular complexity index is 405. The highest BCUT2D eigenvalue weighted by atomic mass is 79.9. The molecule has 0 unspecified atom stereocenters. The molecule has 5 heteroatoms. The number of benzene rings is 1. The largest absolute Gasteiger partial charge is 0.325 e. The SMILES string of the molecule is O=C(Nc1ccc(F)c(Br)c1)[C@H]1CCCN1. The molecule has 0 radical (unpaired) electrons. The van der Waals surface area contributed by atoms with Crippen molar-refractivity contribution in [3.63, 3.8) is 0 Å². The van der Waals surface area contributed by atoms with Crippen LogP contribution in [0.3, 0.4) is 0 Å². The van der Waals surface area contributed by atoms with E-state index in [4.69, 9.17) is 0 Å². The Morgan fingerprint density at radius 3 is 3.00 bits per heavy atom. The van der Waals surface area contributed by atoms with Crippen molar-refractivity contribution < 1.29 is 9.18 Å². The van der Waals surface area contributed by atoms with Gasteiger partial charge in [-0.05, 0) is 53.5 Å². The summed E-state index contributed by atoms with van der Waals surface area (Å²) >= 11 is 3.08. The molecule has 1 aromatic rings. The molecule has 1 fully saturated rings. The number of amides is 1. The summed E-state index contributed by atoms with van der Waals surface area (Å²) in [6.07, 6.45) is 1.87. The van der Waals surface area contributed by atoms with E-state index in [0.29, 0.717) is 10.2 Å². The zero-order valence-electron chi connectivity index (χ0n) is 8.59. The minimum absolute atomic E-state index is 0.0593. The van der Waals surface area contributed by atoms with Gasteiger partial charge in [0.15, 0.2) is 0 Å². The third kappa shape index (κ3) is 2.59. The van der Waals surface area contributed by atoms with Gasteiger partial charge in [-0.25, -0.2) is 4.39 Å². The van der Waals surface area contributed by atoms with E-state index in [1.807, 2.05) is 0 Å². The molecule has 0 saturated carbocycles. The van der Waals surface area contributed by atoms with Gasteiger partial charge in [0.1, 0.15) is 5.82 Å². The second kappa shape index (κ2) is 4.93. The van der Waals surface area contributed by atoms with E-state index in [9.17, 15) is 9.18 Å². The number of carbonyl (C=O) groups excluding carboxylic acids is 1. The topological polar surface area (TPSA) is 41.1 Å². The molecule has 1 aliphatic rings. The highest BCUT2D eigenvalue weighted by Gasteiger charge is 2.21. The molecule has 3 nitrogen and oxygen atoms in total. The van der Waals surface area contributed by atoms with Crippen LogP contribution in [0, 0.1) is 5.82 Å². The lowest BCUT2D eigenvalue weighted by Gasteiger charge is -2.11. The van der Waals surface area contributed by atoms with Crippen molar-refractivity contribution in [1.82, 2.24) is 5.32 Å². The van der Waals surface area contributed by atoms with Crippen LogP contribution in [0.1, 0.15) is 12.8 Å². The van der Waals surface area contributed by atoms with Crippen LogP contribution >= 0.6 is 15.9 Å². The minimum Gasteiger partial charge on any atom is -0.325 e. The summed E-state index contributed by atoms with van der Waals surface area (Å²) in [5.41, 5.74) is 0.604. The van der Waals surface area contributed by atoms with E-state index in [1.165, 1.54) is 6.07 Å². The molecule has 2 rings (SSSR count). The molecule has 1 saturated heterocycles. The molecule has 1 aromatic carbocycles. The average molecular weight is 287 g/mol. The summed E-state index contributed by atoms with van der Waals surface area (Å²) in [4.78, 5) is 11.7. The molecule has 1 aliphatic heterocycles. The van der Waals surface area contributed by atoms with Gasteiger partial charge >= 0.3 is 0 Å². The number of halogens is 2. The van der Waals surface area contributed by atoms with Crippen molar-refractivity contribution in [2.45, 2.75) is 18.9 Å². The van der Waals surface area contributed by atoms with E-state index in [0.717, 1.165) is 19.4 Å². The number of anilines is 1. The number of hydrogen-bond donors (Lipinski definition) is 2. The summed E-state index contributed by atoms with van der Waals surface area (Å²) in [5, 5.41) is 5.86. The number of carbonyl (C=O) groups is 1. The number of hydrogen-bond acceptors (Lipinski definition) is 2. The maximum Gasteiger partial charge on any atom is 0.241 e. The molecule has 16 heavy (non-hydrogen) atoms. The van der Waals surface area contributed by atoms with Crippen LogP contribution in [0.4, 0.5) is 10.1 Å². The summed E-state index contributed by atoms with van der Waals surface area (Å²) in [6.45, 7) is 0.880. The van der Waals surface area contributed by atoms with Crippen molar-refractivity contribution in [2.24, 2.45) is 0 Å². The first kappa shape index (κ1) is 11.5. The molecule has 0 aliphatic carbocycles. The van der Waals surface area contributed by atoms with Crippen LogP contribution in [0.2, 0.25) is 0 Å². The van der Waals surface area contributed by atoms with Gasteiger partial charge in [-0.3, -0.25) is 4.79 Å². The molecule has 0 aromatic heterocycles. The standard InChI is InChI=1S/C11H12BrFN2O/c12-8-6-7(3-4-9(8)13)15-11(16)10-2-1-5-14-10/h3-4,6,10,14H,1-2,5H2,(H,15,16)/t10-/m1/s1. The van der Waals surface area contributed by atoms with Crippen molar-refractivity contribution in [2.75, 3.05) is 11.9 Å². The first-order valence-electron chi connectivity index (χ1n) is 5.16. The maximum absolute atomic E-state index is 13.0. The van der Waals surface area contributed by atoms with E-state index < -0.39 is 0 Å². The smallest absolute Gasteiger partial charge is 0.241 e. The van der Waals surface area contributed by atoms with Gasteiger partial charge in [0.25, 0.3) is 0 Å². The van der Waals surface area contributed by atoms with Crippen molar-refractivity contribution in [3.8, 4) is 0 Å². The van der Waals surface area contributed by atoms with Gasteiger partial charge in [-0.1, -0.05) is 0 Å².